The molecule has 0 N–H and O–H groups in total. The van der Waals surface area contributed by atoms with Crippen LogP contribution in [-0.4, -0.2) is 32.1 Å². The number of hydrogen-bond acceptors (Lipinski definition) is 5. The van der Waals surface area contributed by atoms with Gasteiger partial charge in [-0.05, 0) is 55.0 Å². The van der Waals surface area contributed by atoms with Crippen molar-refractivity contribution in [2.75, 3.05) is 13.2 Å². The topological polar surface area (TPSA) is 65.5 Å². The van der Waals surface area contributed by atoms with Crippen molar-refractivity contribution in [1.82, 2.24) is 4.98 Å². The molecule has 1 aliphatic rings. The zero-order valence-electron chi connectivity index (χ0n) is 13.1. The smallest absolute Gasteiger partial charge is 0.381 e. The minimum absolute atomic E-state index is 0.373. The minimum atomic E-state index is -5.69. The van der Waals surface area contributed by atoms with E-state index in [-0.39, 0.29) is 0 Å². The summed E-state index contributed by atoms with van der Waals surface area (Å²) in [6.45, 7) is 1.44. The van der Waals surface area contributed by atoms with Gasteiger partial charge in [0.2, 0.25) is 0 Å². The van der Waals surface area contributed by atoms with Crippen LogP contribution in [0.15, 0.2) is 30.5 Å². The Morgan fingerprint density at radius 2 is 2.08 bits per heavy atom. The Balaban J connectivity index is 1.83. The van der Waals surface area contributed by atoms with E-state index in [2.05, 4.69) is 9.17 Å². The predicted octanol–water partition coefficient (Wildman–Crippen LogP) is 3.43. The molecule has 0 aliphatic carbocycles. The largest absolute Gasteiger partial charge is 0.534 e. The van der Waals surface area contributed by atoms with Gasteiger partial charge in [-0.15, -0.1) is 0 Å². The van der Waals surface area contributed by atoms with Gasteiger partial charge in [0.1, 0.15) is 5.75 Å². The first-order valence-corrected chi connectivity index (χ1v) is 9.12. The Bertz CT molecular complexity index is 861. The van der Waals surface area contributed by atoms with E-state index in [0.717, 1.165) is 37.5 Å². The molecule has 1 fully saturated rings. The van der Waals surface area contributed by atoms with Crippen LogP contribution in [0.1, 0.15) is 18.4 Å². The number of ether oxygens (including phenoxy) is 1. The monoisotopic (exact) mass is 375 g/mol. The summed E-state index contributed by atoms with van der Waals surface area (Å²) in [5, 5.41) is 0.518. The molecule has 0 spiro atoms. The summed E-state index contributed by atoms with van der Waals surface area (Å²) in [6, 6.07) is 5.59. The van der Waals surface area contributed by atoms with Crippen LogP contribution in [0, 0.1) is 5.92 Å². The number of benzene rings is 1. The molecule has 0 amide bonds. The van der Waals surface area contributed by atoms with Crippen LogP contribution < -0.4 is 4.18 Å². The van der Waals surface area contributed by atoms with Crippen LogP contribution in [0.3, 0.4) is 0 Å². The standard InChI is InChI=1S/C16H16F3NO4S/c17-16(18,19)25(21,22)24-14-3-4-15-13(8-14)7-12(9-20-15)6-11-2-1-5-23-10-11/h3-4,7-9,11H,1-2,5-6,10H2. The number of pyridine rings is 1. The average molecular weight is 375 g/mol. The summed E-state index contributed by atoms with van der Waals surface area (Å²) in [5.74, 6) is -0.0252. The second-order valence-corrected chi connectivity index (χ2v) is 7.51. The van der Waals surface area contributed by atoms with Gasteiger partial charge in [0, 0.05) is 24.8 Å². The lowest BCUT2D eigenvalue weighted by molar-refractivity contribution is -0.0500. The van der Waals surface area contributed by atoms with Crippen LogP contribution in [0.4, 0.5) is 13.2 Å². The van der Waals surface area contributed by atoms with Crippen LogP contribution in [0.25, 0.3) is 10.9 Å². The van der Waals surface area contributed by atoms with Crippen molar-refractivity contribution in [1.29, 1.82) is 0 Å². The van der Waals surface area contributed by atoms with E-state index < -0.39 is 21.4 Å². The van der Waals surface area contributed by atoms with Crippen molar-refractivity contribution in [3.8, 4) is 5.75 Å². The van der Waals surface area contributed by atoms with Gasteiger partial charge in [-0.25, -0.2) is 0 Å². The molecule has 25 heavy (non-hydrogen) atoms. The van der Waals surface area contributed by atoms with Gasteiger partial charge in [-0.1, -0.05) is 0 Å². The van der Waals surface area contributed by atoms with E-state index in [4.69, 9.17) is 4.74 Å². The quantitative estimate of drug-likeness (QED) is 0.605. The molecule has 136 valence electrons. The van der Waals surface area contributed by atoms with Crippen molar-refractivity contribution in [3.63, 3.8) is 0 Å². The summed E-state index contributed by atoms with van der Waals surface area (Å²) in [6.07, 6.45) is 4.50. The first kappa shape index (κ1) is 17.9. The number of aromatic nitrogens is 1. The van der Waals surface area contributed by atoms with Crippen LogP contribution in [0.2, 0.25) is 0 Å². The van der Waals surface area contributed by atoms with Gasteiger partial charge in [-0.2, -0.15) is 21.6 Å². The van der Waals surface area contributed by atoms with Gasteiger partial charge >= 0.3 is 15.6 Å². The maximum Gasteiger partial charge on any atom is 0.534 e. The highest BCUT2D eigenvalue weighted by Gasteiger charge is 2.48. The fourth-order valence-electron chi connectivity index (χ4n) is 2.79. The van der Waals surface area contributed by atoms with Crippen molar-refractivity contribution >= 4 is 21.0 Å². The van der Waals surface area contributed by atoms with E-state index in [1.54, 1.807) is 12.3 Å². The molecule has 2 heterocycles. The van der Waals surface area contributed by atoms with Gasteiger partial charge in [0.25, 0.3) is 0 Å². The van der Waals surface area contributed by atoms with Gasteiger partial charge in [-0.3, -0.25) is 4.98 Å². The molecule has 9 heteroatoms. The number of rotatable bonds is 4. The summed E-state index contributed by atoms with van der Waals surface area (Å²) >= 11 is 0. The van der Waals surface area contributed by atoms with Gasteiger partial charge in [0.15, 0.2) is 0 Å². The highest BCUT2D eigenvalue weighted by atomic mass is 32.2. The van der Waals surface area contributed by atoms with E-state index in [1.165, 1.54) is 12.1 Å². The third-order valence-electron chi connectivity index (χ3n) is 3.98. The lowest BCUT2D eigenvalue weighted by Gasteiger charge is -2.21. The molecule has 1 unspecified atom stereocenters. The maximum absolute atomic E-state index is 12.4. The highest BCUT2D eigenvalue weighted by molar-refractivity contribution is 7.88. The Morgan fingerprint density at radius 1 is 1.28 bits per heavy atom. The van der Waals surface area contributed by atoms with Crippen molar-refractivity contribution in [2.45, 2.75) is 24.8 Å². The molecule has 2 aromatic rings. The lowest BCUT2D eigenvalue weighted by Crippen LogP contribution is -2.28. The van der Waals surface area contributed by atoms with Crippen molar-refractivity contribution in [3.05, 3.63) is 36.0 Å². The summed E-state index contributed by atoms with van der Waals surface area (Å²) in [5.41, 5.74) is -4.01. The summed E-state index contributed by atoms with van der Waals surface area (Å²) in [4.78, 5) is 4.26. The van der Waals surface area contributed by atoms with E-state index in [1.807, 2.05) is 0 Å². The first-order chi connectivity index (χ1) is 11.7. The van der Waals surface area contributed by atoms with Gasteiger partial charge in [0.05, 0.1) is 5.52 Å². The molecule has 1 saturated heterocycles. The fraction of sp³-hybridized carbons (Fsp3) is 0.438. The van der Waals surface area contributed by atoms with Crippen LogP contribution in [0.5, 0.6) is 5.75 Å². The van der Waals surface area contributed by atoms with E-state index in [9.17, 15) is 21.6 Å². The van der Waals surface area contributed by atoms with E-state index in [0.29, 0.717) is 23.4 Å². The number of fused-ring (bicyclic) bond motifs is 1. The Kier molecular flexibility index (Phi) is 4.88. The lowest BCUT2D eigenvalue weighted by atomic mass is 9.94. The molecule has 1 aromatic heterocycles. The molecule has 1 aromatic carbocycles. The second kappa shape index (κ2) is 6.80. The molecule has 3 rings (SSSR count). The summed E-state index contributed by atoms with van der Waals surface area (Å²) in [7, 11) is -5.69. The zero-order chi connectivity index (χ0) is 18.1. The van der Waals surface area contributed by atoms with Crippen LogP contribution in [-0.2, 0) is 21.3 Å². The number of alkyl halides is 3. The molecule has 5 nitrogen and oxygen atoms in total. The highest BCUT2D eigenvalue weighted by Crippen LogP contribution is 2.29. The molecule has 0 radical (unpaired) electrons. The Labute approximate surface area is 142 Å². The fourth-order valence-corrected chi connectivity index (χ4v) is 3.25. The number of nitrogens with zero attached hydrogens (tertiary/aromatic N) is 1. The molecule has 1 aliphatic heterocycles. The van der Waals surface area contributed by atoms with Crippen molar-refractivity contribution < 1.29 is 30.5 Å². The number of halogens is 3. The average Bonchev–Trinajstić information content (AvgIpc) is 2.54. The Morgan fingerprint density at radius 3 is 2.76 bits per heavy atom. The molecular formula is C16H16F3NO4S. The zero-order valence-corrected chi connectivity index (χ0v) is 13.9. The van der Waals surface area contributed by atoms with Crippen molar-refractivity contribution in [2.24, 2.45) is 5.92 Å². The number of hydrogen-bond donors (Lipinski definition) is 0. The second-order valence-electron chi connectivity index (χ2n) is 5.97. The summed E-state index contributed by atoms with van der Waals surface area (Å²) < 4.78 is 69.1. The third kappa shape index (κ3) is 4.21. The van der Waals surface area contributed by atoms with Gasteiger partial charge < -0.3 is 8.92 Å². The Hall–Kier alpha value is -1.87. The van der Waals surface area contributed by atoms with Crippen LogP contribution >= 0.6 is 0 Å². The minimum Gasteiger partial charge on any atom is -0.381 e. The predicted molar refractivity (Wildman–Crippen MR) is 84.6 cm³/mol. The molecule has 0 bridgehead atoms. The normalized spacial score (nSPS) is 19.1. The third-order valence-corrected chi connectivity index (χ3v) is 4.96. The molecular weight excluding hydrogens is 359 g/mol. The molecule has 1 atom stereocenters. The maximum atomic E-state index is 12.4. The molecule has 0 saturated carbocycles. The first-order valence-electron chi connectivity index (χ1n) is 7.72. The SMILES string of the molecule is O=S(=O)(Oc1ccc2ncc(CC3CCCOC3)cc2c1)C(F)(F)F. The van der Waals surface area contributed by atoms with E-state index >= 15 is 0 Å².